The summed E-state index contributed by atoms with van der Waals surface area (Å²) in [6, 6.07) is 4.61. The highest BCUT2D eigenvalue weighted by Gasteiger charge is 2.37. The molecule has 152 valence electrons. The molecule has 0 spiro atoms. The highest BCUT2D eigenvalue weighted by molar-refractivity contribution is 6.08. The molecule has 2 rings (SSSR count). The number of carbonyl (C=O) groups is 1. The predicted molar refractivity (Wildman–Crippen MR) is 119 cm³/mol. The van der Waals surface area contributed by atoms with E-state index in [2.05, 4.69) is 70.1 Å². The SMILES string of the molecule is C=C(/N=C\C(=C/C)C(=O)O)N(CC)c1cc2c(cc1C)C(C)(C)CCC2(C)C. The first-order valence-electron chi connectivity index (χ1n) is 10.0. The molecule has 0 aromatic heterocycles. The van der Waals surface area contributed by atoms with Crippen molar-refractivity contribution in [3.8, 4) is 0 Å². The molecule has 1 aromatic carbocycles. The maximum Gasteiger partial charge on any atom is 0.336 e. The molecule has 1 aromatic rings. The highest BCUT2D eigenvalue weighted by Crippen LogP contribution is 2.47. The second-order valence-corrected chi connectivity index (χ2v) is 8.92. The molecule has 0 saturated heterocycles. The normalized spacial score (nSPS) is 18.0. The standard InChI is InChI=1S/C24H34N2O2/c1-9-18(22(27)28)15-25-17(4)26(10-2)21-14-20-19(13-16(21)3)23(5,6)11-12-24(20,7)8/h9,13-15H,4,10-12H2,1-3,5-8H3,(H,27,28)/b18-9+,25-15-. The zero-order valence-corrected chi connectivity index (χ0v) is 18.4. The van der Waals surface area contributed by atoms with Gasteiger partial charge in [0.2, 0.25) is 0 Å². The van der Waals surface area contributed by atoms with E-state index in [0.29, 0.717) is 12.4 Å². The van der Waals surface area contributed by atoms with Crippen LogP contribution in [0.15, 0.2) is 41.2 Å². The molecule has 1 N–H and O–H groups in total. The summed E-state index contributed by atoms with van der Waals surface area (Å²) in [6.07, 6.45) is 5.24. The maximum atomic E-state index is 11.2. The quantitative estimate of drug-likeness (QED) is 0.504. The van der Waals surface area contributed by atoms with Gasteiger partial charge in [-0.05, 0) is 67.2 Å². The minimum atomic E-state index is -0.990. The number of aryl methyl sites for hydroxylation is 1. The number of hydrogen-bond donors (Lipinski definition) is 1. The summed E-state index contributed by atoms with van der Waals surface area (Å²) < 4.78 is 0. The fourth-order valence-corrected chi connectivity index (χ4v) is 3.96. The number of fused-ring (bicyclic) bond motifs is 1. The van der Waals surface area contributed by atoms with E-state index in [1.165, 1.54) is 35.4 Å². The summed E-state index contributed by atoms with van der Waals surface area (Å²) >= 11 is 0. The molecule has 0 radical (unpaired) electrons. The van der Waals surface area contributed by atoms with Gasteiger partial charge in [-0.25, -0.2) is 9.79 Å². The second-order valence-electron chi connectivity index (χ2n) is 8.92. The first-order chi connectivity index (χ1) is 12.9. The average molecular weight is 383 g/mol. The van der Waals surface area contributed by atoms with Crippen LogP contribution in [0.1, 0.15) is 71.1 Å². The molecule has 28 heavy (non-hydrogen) atoms. The van der Waals surface area contributed by atoms with Crippen molar-refractivity contribution in [3.63, 3.8) is 0 Å². The second kappa shape index (κ2) is 7.94. The smallest absolute Gasteiger partial charge is 0.336 e. The van der Waals surface area contributed by atoms with Crippen molar-refractivity contribution in [2.75, 3.05) is 11.4 Å². The van der Waals surface area contributed by atoms with Gasteiger partial charge in [0.1, 0.15) is 5.82 Å². The van der Waals surface area contributed by atoms with Gasteiger partial charge in [-0.1, -0.05) is 46.4 Å². The average Bonchev–Trinajstić information content (AvgIpc) is 2.61. The van der Waals surface area contributed by atoms with Crippen LogP contribution in [-0.2, 0) is 15.6 Å². The van der Waals surface area contributed by atoms with Gasteiger partial charge < -0.3 is 10.0 Å². The first kappa shape index (κ1) is 21.9. The van der Waals surface area contributed by atoms with Crippen LogP contribution in [0.5, 0.6) is 0 Å². The molecule has 4 heteroatoms. The number of anilines is 1. The topological polar surface area (TPSA) is 52.9 Å². The van der Waals surface area contributed by atoms with Crippen LogP contribution in [0.25, 0.3) is 0 Å². The Kier molecular flexibility index (Phi) is 6.22. The van der Waals surface area contributed by atoms with Gasteiger partial charge in [-0.15, -0.1) is 0 Å². The summed E-state index contributed by atoms with van der Waals surface area (Å²) in [4.78, 5) is 17.6. The minimum absolute atomic E-state index is 0.124. The third-order valence-corrected chi connectivity index (χ3v) is 6.00. The van der Waals surface area contributed by atoms with Crippen LogP contribution in [-0.4, -0.2) is 23.8 Å². The zero-order chi connectivity index (χ0) is 21.3. The van der Waals surface area contributed by atoms with Gasteiger partial charge in [-0.3, -0.25) is 0 Å². The Bertz CT molecular complexity index is 844. The zero-order valence-electron chi connectivity index (χ0n) is 18.4. The molecule has 0 aliphatic heterocycles. The Balaban J connectivity index is 2.50. The van der Waals surface area contributed by atoms with Crippen molar-refractivity contribution < 1.29 is 9.90 Å². The summed E-state index contributed by atoms with van der Waals surface area (Å²) in [5, 5.41) is 9.18. The van der Waals surface area contributed by atoms with Gasteiger partial charge in [0, 0.05) is 18.4 Å². The Morgan fingerprint density at radius 2 is 1.75 bits per heavy atom. The number of hydrogen-bond acceptors (Lipinski definition) is 3. The molecule has 0 bridgehead atoms. The monoisotopic (exact) mass is 382 g/mol. The Morgan fingerprint density at radius 1 is 1.21 bits per heavy atom. The molecule has 0 saturated carbocycles. The molecule has 4 nitrogen and oxygen atoms in total. The lowest BCUT2D eigenvalue weighted by Gasteiger charge is -2.43. The van der Waals surface area contributed by atoms with E-state index in [9.17, 15) is 9.90 Å². The molecule has 0 heterocycles. The van der Waals surface area contributed by atoms with E-state index in [0.717, 1.165) is 12.1 Å². The Morgan fingerprint density at radius 3 is 2.21 bits per heavy atom. The highest BCUT2D eigenvalue weighted by atomic mass is 16.4. The van der Waals surface area contributed by atoms with E-state index in [-0.39, 0.29) is 16.4 Å². The Hall–Kier alpha value is -2.36. The number of aliphatic imine (C=N–C) groups is 1. The first-order valence-corrected chi connectivity index (χ1v) is 10.0. The van der Waals surface area contributed by atoms with E-state index in [1.807, 2.05) is 0 Å². The predicted octanol–water partition coefficient (Wildman–Crippen LogP) is 5.74. The van der Waals surface area contributed by atoms with E-state index < -0.39 is 5.97 Å². The fraction of sp³-hybridized carbons (Fsp3) is 0.500. The van der Waals surface area contributed by atoms with Crippen LogP contribution in [0.2, 0.25) is 0 Å². The van der Waals surface area contributed by atoms with E-state index >= 15 is 0 Å². The summed E-state index contributed by atoms with van der Waals surface area (Å²) in [5.74, 6) is -0.449. The number of carboxylic acid groups (broad SMARTS) is 1. The molecule has 1 aliphatic rings. The maximum absolute atomic E-state index is 11.2. The minimum Gasteiger partial charge on any atom is -0.478 e. The molecule has 0 unspecified atom stereocenters. The number of carboxylic acids is 1. The van der Waals surface area contributed by atoms with Crippen molar-refractivity contribution in [3.05, 3.63) is 52.9 Å². The molecule has 0 fully saturated rings. The van der Waals surface area contributed by atoms with Crippen LogP contribution in [0.3, 0.4) is 0 Å². The van der Waals surface area contributed by atoms with E-state index in [4.69, 9.17) is 0 Å². The van der Waals surface area contributed by atoms with Gasteiger partial charge in [0.05, 0.1) is 5.57 Å². The number of benzene rings is 1. The lowest BCUT2D eigenvalue weighted by Crippen LogP contribution is -2.34. The van der Waals surface area contributed by atoms with Gasteiger partial charge >= 0.3 is 5.97 Å². The van der Waals surface area contributed by atoms with Crippen molar-refractivity contribution >= 4 is 17.9 Å². The van der Waals surface area contributed by atoms with Gasteiger partial charge in [-0.2, -0.15) is 0 Å². The number of rotatable bonds is 6. The summed E-state index contributed by atoms with van der Waals surface area (Å²) in [7, 11) is 0. The molecular weight excluding hydrogens is 348 g/mol. The lowest BCUT2D eigenvalue weighted by atomic mass is 9.63. The van der Waals surface area contributed by atoms with Gasteiger partial charge in [0.25, 0.3) is 0 Å². The third kappa shape index (κ3) is 4.21. The third-order valence-electron chi connectivity index (χ3n) is 6.00. The van der Waals surface area contributed by atoms with Gasteiger partial charge in [0.15, 0.2) is 0 Å². The van der Waals surface area contributed by atoms with Crippen molar-refractivity contribution in [1.29, 1.82) is 0 Å². The molecule has 0 amide bonds. The van der Waals surface area contributed by atoms with Crippen LogP contribution < -0.4 is 4.90 Å². The molecular formula is C24H34N2O2. The van der Waals surface area contributed by atoms with Crippen LogP contribution >= 0.6 is 0 Å². The van der Waals surface area contributed by atoms with Crippen molar-refractivity contribution in [2.45, 2.75) is 72.1 Å². The van der Waals surface area contributed by atoms with Crippen molar-refractivity contribution in [2.24, 2.45) is 4.99 Å². The number of aliphatic carboxylic acids is 1. The molecule has 1 aliphatic carbocycles. The number of nitrogens with zero attached hydrogens (tertiary/aromatic N) is 2. The van der Waals surface area contributed by atoms with Crippen LogP contribution in [0.4, 0.5) is 5.69 Å². The van der Waals surface area contributed by atoms with E-state index in [1.54, 1.807) is 6.92 Å². The Labute approximate surface area is 169 Å². The summed E-state index contributed by atoms with van der Waals surface area (Å²) in [6.45, 7) is 20.0. The lowest BCUT2D eigenvalue weighted by molar-refractivity contribution is -0.132. The number of allylic oxidation sites excluding steroid dienone is 1. The molecule has 0 atom stereocenters. The van der Waals surface area contributed by atoms with Crippen molar-refractivity contribution in [1.82, 2.24) is 0 Å². The fourth-order valence-electron chi connectivity index (χ4n) is 3.96. The summed E-state index contributed by atoms with van der Waals surface area (Å²) in [5.41, 5.74) is 5.54. The van der Waals surface area contributed by atoms with Crippen LogP contribution in [0, 0.1) is 6.92 Å². The largest absolute Gasteiger partial charge is 0.478 e.